The molecule has 0 bridgehead atoms. The van der Waals surface area contributed by atoms with Gasteiger partial charge in [0.15, 0.2) is 0 Å². The monoisotopic (exact) mass is 271 g/mol. The summed E-state index contributed by atoms with van der Waals surface area (Å²) in [7, 11) is 0. The maximum Gasteiger partial charge on any atom is 0.269 e. The van der Waals surface area contributed by atoms with Gasteiger partial charge >= 0.3 is 0 Å². The minimum Gasteiger partial charge on any atom is -0.384 e. The second-order valence-corrected chi connectivity index (χ2v) is 5.06. The maximum atomic E-state index is 10.6. The maximum absolute atomic E-state index is 10.6. The first-order valence-electron chi connectivity index (χ1n) is 6.40. The average molecular weight is 271 g/mol. The van der Waals surface area contributed by atoms with Crippen molar-refractivity contribution in [3.63, 3.8) is 0 Å². The molecule has 0 aliphatic rings. The van der Waals surface area contributed by atoms with Gasteiger partial charge in [0.05, 0.1) is 4.92 Å². The highest BCUT2D eigenvalue weighted by Crippen LogP contribution is 2.29. The lowest BCUT2D eigenvalue weighted by molar-refractivity contribution is -0.384. The predicted octanol–water partition coefficient (Wildman–Crippen LogP) is 3.60. The van der Waals surface area contributed by atoms with E-state index in [9.17, 15) is 15.2 Å². The number of rotatable bonds is 3. The number of benzene rings is 2. The van der Waals surface area contributed by atoms with Crippen molar-refractivity contribution in [1.82, 2.24) is 0 Å². The van der Waals surface area contributed by atoms with Crippen molar-refractivity contribution in [2.24, 2.45) is 0 Å². The van der Waals surface area contributed by atoms with E-state index in [2.05, 4.69) is 0 Å². The molecule has 0 aliphatic carbocycles. The molecule has 104 valence electrons. The lowest BCUT2D eigenvalue weighted by Crippen LogP contribution is -2.05. The van der Waals surface area contributed by atoms with E-state index in [0.717, 1.165) is 22.3 Å². The fourth-order valence-electron chi connectivity index (χ4n) is 2.57. The number of aliphatic hydroxyl groups is 1. The van der Waals surface area contributed by atoms with Crippen molar-refractivity contribution in [2.45, 2.75) is 26.9 Å². The Balaban J connectivity index is 2.41. The van der Waals surface area contributed by atoms with Gasteiger partial charge < -0.3 is 5.11 Å². The van der Waals surface area contributed by atoms with Crippen LogP contribution in [0.3, 0.4) is 0 Å². The summed E-state index contributed by atoms with van der Waals surface area (Å²) in [6, 6.07) is 10.1. The van der Waals surface area contributed by atoms with Gasteiger partial charge in [0, 0.05) is 12.1 Å². The van der Waals surface area contributed by atoms with Crippen molar-refractivity contribution >= 4 is 5.69 Å². The Bertz CT molecular complexity index is 624. The van der Waals surface area contributed by atoms with E-state index in [1.165, 1.54) is 12.1 Å². The Hall–Kier alpha value is -2.20. The van der Waals surface area contributed by atoms with Crippen LogP contribution < -0.4 is 0 Å². The number of nitro groups is 1. The van der Waals surface area contributed by atoms with Gasteiger partial charge in [0.1, 0.15) is 6.10 Å². The third-order valence-electron chi connectivity index (χ3n) is 3.43. The molecule has 2 aromatic rings. The van der Waals surface area contributed by atoms with Crippen LogP contribution in [-0.2, 0) is 0 Å². The van der Waals surface area contributed by atoms with E-state index in [0.29, 0.717) is 5.56 Å². The Labute approximate surface area is 117 Å². The van der Waals surface area contributed by atoms with Crippen LogP contribution in [0.5, 0.6) is 0 Å². The zero-order valence-corrected chi connectivity index (χ0v) is 11.8. The summed E-state index contributed by atoms with van der Waals surface area (Å²) in [5.41, 5.74) is 4.75. The number of aryl methyl sites for hydroxylation is 3. The molecule has 0 aliphatic heterocycles. The molecule has 1 N–H and O–H groups in total. The lowest BCUT2D eigenvalue weighted by Gasteiger charge is -2.17. The summed E-state index contributed by atoms with van der Waals surface area (Å²) in [4.78, 5) is 10.2. The molecule has 1 atom stereocenters. The van der Waals surface area contributed by atoms with Gasteiger partial charge in [-0.3, -0.25) is 10.1 Å². The normalized spacial score (nSPS) is 12.2. The molecule has 0 heterocycles. The summed E-state index contributed by atoms with van der Waals surface area (Å²) in [6.45, 7) is 5.94. The van der Waals surface area contributed by atoms with E-state index < -0.39 is 11.0 Å². The third-order valence-corrected chi connectivity index (χ3v) is 3.43. The molecule has 4 nitrogen and oxygen atoms in total. The van der Waals surface area contributed by atoms with Crippen LogP contribution in [0.25, 0.3) is 0 Å². The van der Waals surface area contributed by atoms with Gasteiger partial charge in [-0.05, 0) is 55.2 Å². The third kappa shape index (κ3) is 2.70. The van der Waals surface area contributed by atoms with Gasteiger partial charge in [-0.25, -0.2) is 0 Å². The largest absolute Gasteiger partial charge is 0.384 e. The van der Waals surface area contributed by atoms with Gasteiger partial charge in [0.25, 0.3) is 5.69 Å². The van der Waals surface area contributed by atoms with Crippen LogP contribution in [0.4, 0.5) is 5.69 Å². The van der Waals surface area contributed by atoms with Gasteiger partial charge in [-0.2, -0.15) is 0 Å². The fraction of sp³-hybridized carbons (Fsp3) is 0.250. The quantitative estimate of drug-likeness (QED) is 0.685. The molecular formula is C16H17NO3. The molecule has 0 fully saturated rings. The topological polar surface area (TPSA) is 63.4 Å². The number of hydrogen-bond acceptors (Lipinski definition) is 3. The molecule has 20 heavy (non-hydrogen) atoms. The predicted molar refractivity (Wildman–Crippen MR) is 77.8 cm³/mol. The van der Waals surface area contributed by atoms with Gasteiger partial charge in [-0.15, -0.1) is 0 Å². The Kier molecular flexibility index (Phi) is 3.86. The van der Waals surface area contributed by atoms with Crippen molar-refractivity contribution in [1.29, 1.82) is 0 Å². The highest BCUT2D eigenvalue weighted by molar-refractivity contribution is 5.44. The van der Waals surface area contributed by atoms with E-state index in [-0.39, 0.29) is 5.69 Å². The Morgan fingerprint density at radius 2 is 1.55 bits per heavy atom. The summed E-state index contributed by atoms with van der Waals surface area (Å²) in [6.07, 6.45) is -0.767. The number of nitrogens with zero attached hydrogens (tertiary/aromatic N) is 1. The molecule has 0 spiro atoms. The number of nitro benzene ring substituents is 1. The van der Waals surface area contributed by atoms with Gasteiger partial charge in [-0.1, -0.05) is 17.7 Å². The van der Waals surface area contributed by atoms with Crippen LogP contribution in [0, 0.1) is 30.9 Å². The van der Waals surface area contributed by atoms with Crippen molar-refractivity contribution in [3.8, 4) is 0 Å². The summed E-state index contributed by atoms with van der Waals surface area (Å²) < 4.78 is 0. The minimum absolute atomic E-state index is 0.0262. The summed E-state index contributed by atoms with van der Waals surface area (Å²) in [5.74, 6) is 0. The Morgan fingerprint density at radius 3 is 2.00 bits per heavy atom. The zero-order chi connectivity index (χ0) is 14.9. The highest BCUT2D eigenvalue weighted by atomic mass is 16.6. The van der Waals surface area contributed by atoms with E-state index >= 15 is 0 Å². The van der Waals surface area contributed by atoms with E-state index in [1.807, 2.05) is 32.9 Å². The van der Waals surface area contributed by atoms with E-state index in [4.69, 9.17) is 0 Å². The molecule has 0 radical (unpaired) electrons. The van der Waals surface area contributed by atoms with Crippen molar-refractivity contribution < 1.29 is 10.0 Å². The van der Waals surface area contributed by atoms with Crippen LogP contribution in [0.15, 0.2) is 36.4 Å². The molecule has 0 saturated carbocycles. The summed E-state index contributed by atoms with van der Waals surface area (Å²) >= 11 is 0. The molecule has 4 heteroatoms. The smallest absolute Gasteiger partial charge is 0.269 e. The number of hydrogen-bond donors (Lipinski definition) is 1. The molecular weight excluding hydrogens is 254 g/mol. The van der Waals surface area contributed by atoms with E-state index in [1.54, 1.807) is 12.1 Å². The molecule has 2 aromatic carbocycles. The van der Waals surface area contributed by atoms with Crippen molar-refractivity contribution in [2.75, 3.05) is 0 Å². The number of aliphatic hydroxyl groups excluding tert-OH is 1. The van der Waals surface area contributed by atoms with Gasteiger partial charge in [0.2, 0.25) is 0 Å². The fourth-order valence-corrected chi connectivity index (χ4v) is 2.57. The molecule has 2 rings (SSSR count). The van der Waals surface area contributed by atoms with Crippen molar-refractivity contribution in [3.05, 3.63) is 74.3 Å². The molecule has 0 saturated heterocycles. The lowest BCUT2D eigenvalue weighted by atomic mass is 9.92. The number of non-ortho nitro benzene ring substituents is 1. The first-order valence-corrected chi connectivity index (χ1v) is 6.40. The highest BCUT2D eigenvalue weighted by Gasteiger charge is 2.17. The average Bonchev–Trinajstić information content (AvgIpc) is 2.37. The summed E-state index contributed by atoms with van der Waals surface area (Å²) in [5, 5.41) is 21.1. The molecule has 0 amide bonds. The Morgan fingerprint density at radius 1 is 1.05 bits per heavy atom. The minimum atomic E-state index is -0.767. The van der Waals surface area contributed by atoms with Crippen LogP contribution in [0.1, 0.15) is 33.9 Å². The van der Waals surface area contributed by atoms with Crippen LogP contribution in [-0.4, -0.2) is 10.0 Å². The first kappa shape index (κ1) is 14.2. The second-order valence-electron chi connectivity index (χ2n) is 5.06. The molecule has 0 aromatic heterocycles. The van der Waals surface area contributed by atoms with Crippen LogP contribution >= 0.6 is 0 Å². The zero-order valence-electron chi connectivity index (χ0n) is 11.8. The SMILES string of the molecule is Cc1cc(C)c(C(O)c2ccc([N+](=O)[O-])cc2)c(C)c1. The second kappa shape index (κ2) is 5.43. The standard InChI is InChI=1S/C16H17NO3/c1-10-8-11(2)15(12(3)9-10)16(18)13-4-6-14(7-5-13)17(19)20/h4-9,16,18H,1-3H3. The first-order chi connectivity index (χ1) is 9.40. The molecule has 1 unspecified atom stereocenters. The van der Waals surface area contributed by atoms with Crippen LogP contribution in [0.2, 0.25) is 0 Å².